The number of carbonyl (C=O) groups excluding carboxylic acids is 1. The Bertz CT molecular complexity index is 708. The van der Waals surface area contributed by atoms with Gasteiger partial charge < -0.3 is 9.64 Å². The number of benzene rings is 1. The van der Waals surface area contributed by atoms with Crippen molar-refractivity contribution in [1.29, 1.82) is 0 Å². The first-order chi connectivity index (χ1) is 12.2. The average molecular weight is 342 g/mol. The zero-order valence-electron chi connectivity index (χ0n) is 14.4. The molecule has 0 unspecified atom stereocenters. The summed E-state index contributed by atoms with van der Waals surface area (Å²) < 4.78 is 19.5. The number of methoxy groups -OCH3 is 1. The van der Waals surface area contributed by atoms with E-state index < -0.39 is 0 Å². The third-order valence-electron chi connectivity index (χ3n) is 4.90. The lowest BCUT2D eigenvalue weighted by Crippen LogP contribution is -2.48. The number of ether oxygens (including phenoxy) is 1. The molecule has 1 fully saturated rings. The van der Waals surface area contributed by atoms with E-state index in [-0.39, 0.29) is 23.7 Å². The molecule has 132 valence electrons. The third-order valence-corrected chi connectivity index (χ3v) is 4.90. The van der Waals surface area contributed by atoms with E-state index >= 15 is 0 Å². The maximum Gasteiger partial charge on any atom is 0.227 e. The summed E-state index contributed by atoms with van der Waals surface area (Å²) in [5, 5.41) is 0. The molecule has 1 aromatic heterocycles. The number of pyridine rings is 1. The van der Waals surface area contributed by atoms with Gasteiger partial charge in [-0.1, -0.05) is 18.2 Å². The molecule has 2 aromatic rings. The van der Waals surface area contributed by atoms with E-state index in [9.17, 15) is 9.18 Å². The summed E-state index contributed by atoms with van der Waals surface area (Å²) in [6.45, 7) is 1.24. The van der Waals surface area contributed by atoms with E-state index in [1.807, 2.05) is 29.2 Å². The van der Waals surface area contributed by atoms with Crippen LogP contribution in [0.25, 0.3) is 0 Å². The highest BCUT2D eigenvalue weighted by Gasteiger charge is 2.31. The Hall–Kier alpha value is -2.27. The number of carbonyl (C=O) groups is 1. The molecule has 2 heterocycles. The van der Waals surface area contributed by atoms with E-state index in [1.165, 1.54) is 6.07 Å². The van der Waals surface area contributed by atoms with Crippen molar-refractivity contribution in [3.05, 3.63) is 65.7 Å². The smallest absolute Gasteiger partial charge is 0.227 e. The van der Waals surface area contributed by atoms with Crippen LogP contribution in [0.15, 0.2) is 48.8 Å². The summed E-state index contributed by atoms with van der Waals surface area (Å²) in [5.41, 5.74) is 1.67. The maximum absolute atomic E-state index is 13.9. The summed E-state index contributed by atoms with van der Waals surface area (Å²) in [5.74, 6) is 0.137. The molecule has 4 nitrogen and oxygen atoms in total. The molecule has 5 heteroatoms. The molecule has 0 saturated carbocycles. The van der Waals surface area contributed by atoms with Crippen molar-refractivity contribution in [2.45, 2.75) is 25.4 Å². The molecule has 0 radical (unpaired) electrons. The Kier molecular flexibility index (Phi) is 5.76. The predicted molar refractivity (Wildman–Crippen MR) is 93.5 cm³/mol. The molecule has 1 saturated heterocycles. The lowest BCUT2D eigenvalue weighted by Gasteiger charge is -2.38. The van der Waals surface area contributed by atoms with Crippen molar-refractivity contribution in [1.82, 2.24) is 9.88 Å². The van der Waals surface area contributed by atoms with Crippen LogP contribution in [0.4, 0.5) is 4.39 Å². The fourth-order valence-electron chi connectivity index (χ4n) is 3.43. The highest BCUT2D eigenvalue weighted by Crippen LogP contribution is 2.25. The largest absolute Gasteiger partial charge is 0.379 e. The minimum absolute atomic E-state index is 0.0743. The molecule has 0 bridgehead atoms. The molecule has 0 aliphatic carbocycles. The number of aromatic nitrogens is 1. The van der Waals surface area contributed by atoms with Crippen LogP contribution in [0.1, 0.15) is 17.5 Å². The van der Waals surface area contributed by atoms with E-state index in [0.29, 0.717) is 31.5 Å². The van der Waals surface area contributed by atoms with Gasteiger partial charge in [-0.05, 0) is 48.1 Å². The van der Waals surface area contributed by atoms with E-state index in [4.69, 9.17) is 4.74 Å². The second kappa shape index (κ2) is 8.21. The van der Waals surface area contributed by atoms with Crippen molar-refractivity contribution in [3.8, 4) is 0 Å². The molecule has 0 spiro atoms. The van der Waals surface area contributed by atoms with Crippen LogP contribution in [0.5, 0.6) is 0 Å². The van der Waals surface area contributed by atoms with Crippen LogP contribution < -0.4 is 0 Å². The van der Waals surface area contributed by atoms with Gasteiger partial charge in [0.25, 0.3) is 0 Å². The van der Waals surface area contributed by atoms with Gasteiger partial charge in [-0.3, -0.25) is 9.78 Å². The third kappa shape index (κ3) is 4.42. The van der Waals surface area contributed by atoms with Gasteiger partial charge in [0, 0.05) is 32.6 Å². The van der Waals surface area contributed by atoms with E-state index in [1.54, 1.807) is 25.6 Å². The maximum atomic E-state index is 13.9. The Balaban J connectivity index is 1.61. The second-order valence-electron chi connectivity index (χ2n) is 6.49. The summed E-state index contributed by atoms with van der Waals surface area (Å²) in [6.07, 6.45) is 5.14. The number of rotatable bonds is 5. The first kappa shape index (κ1) is 17.5. The lowest BCUT2D eigenvalue weighted by molar-refractivity contribution is -0.135. The summed E-state index contributed by atoms with van der Waals surface area (Å²) in [4.78, 5) is 18.4. The SMILES string of the molecule is CO[C@H]1CN(C(=O)Cc2ccncc2)CC[C@@H]1Cc1ccccc1F. The van der Waals surface area contributed by atoms with Gasteiger partial charge in [0.15, 0.2) is 0 Å². The van der Waals surface area contributed by atoms with Crippen LogP contribution in [0.3, 0.4) is 0 Å². The Morgan fingerprint density at radius 3 is 2.76 bits per heavy atom. The molecule has 2 atom stereocenters. The fourth-order valence-corrected chi connectivity index (χ4v) is 3.43. The highest BCUT2D eigenvalue weighted by molar-refractivity contribution is 5.78. The van der Waals surface area contributed by atoms with Crippen LogP contribution in [0, 0.1) is 11.7 Å². The lowest BCUT2D eigenvalue weighted by atomic mass is 9.87. The molecule has 1 amide bonds. The molecule has 1 aliphatic rings. The van der Waals surface area contributed by atoms with Gasteiger partial charge in [0.2, 0.25) is 5.91 Å². The Labute approximate surface area is 147 Å². The number of hydrogen-bond donors (Lipinski definition) is 0. The first-order valence-corrected chi connectivity index (χ1v) is 8.60. The van der Waals surface area contributed by atoms with Gasteiger partial charge in [0.1, 0.15) is 5.82 Å². The monoisotopic (exact) mass is 342 g/mol. The van der Waals surface area contributed by atoms with Gasteiger partial charge >= 0.3 is 0 Å². The number of halogens is 1. The normalized spacial score (nSPS) is 20.5. The topological polar surface area (TPSA) is 42.4 Å². The Morgan fingerprint density at radius 1 is 1.28 bits per heavy atom. The zero-order valence-corrected chi connectivity index (χ0v) is 14.4. The summed E-state index contributed by atoms with van der Waals surface area (Å²) in [6, 6.07) is 10.6. The minimum atomic E-state index is -0.173. The number of likely N-dealkylation sites (tertiary alicyclic amines) is 1. The van der Waals surface area contributed by atoms with Crippen molar-refractivity contribution in [3.63, 3.8) is 0 Å². The summed E-state index contributed by atoms with van der Waals surface area (Å²) in [7, 11) is 1.66. The molecular formula is C20H23FN2O2. The minimum Gasteiger partial charge on any atom is -0.379 e. The molecular weight excluding hydrogens is 319 g/mol. The van der Waals surface area contributed by atoms with Crippen molar-refractivity contribution in [2.24, 2.45) is 5.92 Å². The Morgan fingerprint density at radius 2 is 2.04 bits per heavy atom. The molecule has 1 aliphatic heterocycles. The van der Waals surface area contributed by atoms with Crippen LogP contribution in [-0.4, -0.2) is 42.1 Å². The van der Waals surface area contributed by atoms with Crippen molar-refractivity contribution in [2.75, 3.05) is 20.2 Å². The van der Waals surface area contributed by atoms with Gasteiger partial charge in [-0.15, -0.1) is 0 Å². The number of amides is 1. The van der Waals surface area contributed by atoms with Crippen molar-refractivity contribution < 1.29 is 13.9 Å². The highest BCUT2D eigenvalue weighted by atomic mass is 19.1. The van der Waals surface area contributed by atoms with Gasteiger partial charge in [-0.25, -0.2) is 4.39 Å². The number of piperidine rings is 1. The number of hydrogen-bond acceptors (Lipinski definition) is 3. The van der Waals surface area contributed by atoms with Gasteiger partial charge in [-0.2, -0.15) is 0 Å². The van der Waals surface area contributed by atoms with Crippen LogP contribution >= 0.6 is 0 Å². The molecule has 0 N–H and O–H groups in total. The summed E-state index contributed by atoms with van der Waals surface area (Å²) >= 11 is 0. The quantitative estimate of drug-likeness (QED) is 0.839. The average Bonchev–Trinajstić information content (AvgIpc) is 2.64. The van der Waals surface area contributed by atoms with E-state index in [0.717, 1.165) is 12.0 Å². The van der Waals surface area contributed by atoms with Crippen LogP contribution in [-0.2, 0) is 22.4 Å². The fraction of sp³-hybridized carbons (Fsp3) is 0.400. The molecule has 3 rings (SSSR count). The zero-order chi connectivity index (χ0) is 17.6. The predicted octanol–water partition coefficient (Wildman–Crippen LogP) is 2.87. The van der Waals surface area contributed by atoms with Crippen molar-refractivity contribution >= 4 is 5.91 Å². The molecule has 25 heavy (non-hydrogen) atoms. The van der Waals surface area contributed by atoms with E-state index in [2.05, 4.69) is 4.98 Å². The van der Waals surface area contributed by atoms with Crippen LogP contribution in [0.2, 0.25) is 0 Å². The number of nitrogens with zero attached hydrogens (tertiary/aromatic N) is 2. The second-order valence-corrected chi connectivity index (χ2v) is 6.49. The first-order valence-electron chi connectivity index (χ1n) is 8.60. The standard InChI is InChI=1S/C20H23FN2O2/c1-25-19-14-23(20(24)12-15-6-9-22-10-7-15)11-8-17(19)13-16-4-2-3-5-18(16)21/h2-7,9-10,17,19H,8,11-14H2,1H3/t17-,19+/m1/s1. The molecule has 1 aromatic carbocycles. The van der Waals surface area contributed by atoms with Gasteiger partial charge in [0.05, 0.1) is 12.5 Å².